The number of rotatable bonds is 8. The quantitative estimate of drug-likeness (QED) is 0.306. The average molecular weight is 421 g/mol. The highest BCUT2D eigenvalue weighted by Gasteiger charge is 2.46. The van der Waals surface area contributed by atoms with Crippen LogP contribution in [0.3, 0.4) is 0 Å². The number of carbonyl (C=O) groups is 2. The van der Waals surface area contributed by atoms with Crippen LogP contribution >= 0.6 is 0 Å². The molecular formula is C25H28N2O4. The molecule has 2 aromatic rings. The molecule has 1 N–H and O–H groups in total. The summed E-state index contributed by atoms with van der Waals surface area (Å²) in [6.07, 6.45) is 1.65. The summed E-state index contributed by atoms with van der Waals surface area (Å²) in [5.41, 5.74) is 2.33. The lowest BCUT2D eigenvalue weighted by atomic mass is 9.95. The fraction of sp³-hybridized carbons (Fsp3) is 0.280. The monoisotopic (exact) mass is 420 g/mol. The molecule has 0 aliphatic carbocycles. The van der Waals surface area contributed by atoms with E-state index in [9.17, 15) is 14.7 Å². The zero-order valence-corrected chi connectivity index (χ0v) is 18.2. The van der Waals surface area contributed by atoms with Crippen molar-refractivity contribution >= 4 is 17.4 Å². The van der Waals surface area contributed by atoms with E-state index >= 15 is 0 Å². The van der Waals surface area contributed by atoms with Crippen molar-refractivity contribution < 1.29 is 19.4 Å². The SMILES string of the molecule is C=CCOc1cccc([C@@H]2C(=C(O)c3ccc(C)cc3)C(=O)C(=O)N2CCN(C)C)c1. The Morgan fingerprint density at radius 1 is 1.19 bits per heavy atom. The van der Waals surface area contributed by atoms with Crippen LogP contribution in [0.2, 0.25) is 0 Å². The van der Waals surface area contributed by atoms with Crippen molar-refractivity contribution in [2.24, 2.45) is 0 Å². The number of hydrogen-bond donors (Lipinski definition) is 1. The van der Waals surface area contributed by atoms with Crippen LogP contribution in [0.25, 0.3) is 5.76 Å². The average Bonchev–Trinajstić information content (AvgIpc) is 3.01. The molecule has 6 nitrogen and oxygen atoms in total. The van der Waals surface area contributed by atoms with Crippen LogP contribution < -0.4 is 4.74 Å². The molecule has 0 unspecified atom stereocenters. The van der Waals surface area contributed by atoms with E-state index in [0.717, 1.165) is 5.56 Å². The molecule has 0 saturated carbocycles. The second kappa shape index (κ2) is 9.62. The first-order valence-electron chi connectivity index (χ1n) is 10.2. The zero-order valence-electron chi connectivity index (χ0n) is 18.2. The predicted octanol–water partition coefficient (Wildman–Crippen LogP) is 3.54. The van der Waals surface area contributed by atoms with Gasteiger partial charge in [-0.1, -0.05) is 54.6 Å². The lowest BCUT2D eigenvalue weighted by Gasteiger charge is -2.27. The number of benzene rings is 2. The third-order valence-electron chi connectivity index (χ3n) is 5.19. The number of nitrogens with zero attached hydrogens (tertiary/aromatic N) is 2. The van der Waals surface area contributed by atoms with Crippen LogP contribution in [0.4, 0.5) is 0 Å². The van der Waals surface area contributed by atoms with E-state index in [1.807, 2.05) is 50.2 Å². The van der Waals surface area contributed by atoms with E-state index in [1.165, 1.54) is 4.90 Å². The topological polar surface area (TPSA) is 70.1 Å². The summed E-state index contributed by atoms with van der Waals surface area (Å²) in [6.45, 7) is 6.88. The van der Waals surface area contributed by atoms with Crippen LogP contribution in [-0.2, 0) is 9.59 Å². The number of aryl methyl sites for hydroxylation is 1. The Morgan fingerprint density at radius 2 is 1.90 bits per heavy atom. The molecule has 0 radical (unpaired) electrons. The molecule has 1 fully saturated rings. The smallest absolute Gasteiger partial charge is 0.295 e. The van der Waals surface area contributed by atoms with E-state index in [4.69, 9.17) is 4.74 Å². The number of amides is 1. The maximum Gasteiger partial charge on any atom is 0.295 e. The summed E-state index contributed by atoms with van der Waals surface area (Å²) < 4.78 is 5.64. The van der Waals surface area contributed by atoms with Gasteiger partial charge in [0.25, 0.3) is 11.7 Å². The molecule has 1 atom stereocenters. The lowest BCUT2D eigenvalue weighted by Crippen LogP contribution is -2.35. The number of aliphatic hydroxyl groups is 1. The fourth-order valence-corrected chi connectivity index (χ4v) is 3.56. The number of aliphatic hydroxyl groups excluding tert-OH is 1. The number of Topliss-reactive ketones (excluding diaryl/α,β-unsaturated/α-hetero) is 1. The third kappa shape index (κ3) is 4.86. The number of carbonyl (C=O) groups excluding carboxylic acids is 2. The Labute approximate surface area is 183 Å². The van der Waals surface area contributed by atoms with Crippen molar-refractivity contribution in [3.05, 3.63) is 83.4 Å². The van der Waals surface area contributed by atoms with Gasteiger partial charge in [-0.3, -0.25) is 9.59 Å². The van der Waals surface area contributed by atoms with Gasteiger partial charge in [-0.05, 0) is 38.7 Å². The van der Waals surface area contributed by atoms with Crippen molar-refractivity contribution in [3.63, 3.8) is 0 Å². The first-order chi connectivity index (χ1) is 14.8. The Kier molecular flexibility index (Phi) is 6.92. The van der Waals surface area contributed by atoms with Crippen molar-refractivity contribution in [2.45, 2.75) is 13.0 Å². The number of likely N-dealkylation sites (N-methyl/N-ethyl adjacent to an activating group) is 1. The third-order valence-corrected chi connectivity index (χ3v) is 5.19. The van der Waals surface area contributed by atoms with Crippen LogP contribution in [-0.4, -0.2) is 60.4 Å². The van der Waals surface area contributed by atoms with Crippen LogP contribution in [0.5, 0.6) is 5.75 Å². The largest absolute Gasteiger partial charge is 0.507 e. The number of likely N-dealkylation sites (tertiary alicyclic amines) is 1. The van der Waals surface area contributed by atoms with Crippen LogP contribution in [0.1, 0.15) is 22.7 Å². The van der Waals surface area contributed by atoms with E-state index in [1.54, 1.807) is 30.3 Å². The molecule has 1 amide bonds. The van der Waals surface area contributed by atoms with Crippen molar-refractivity contribution in [3.8, 4) is 5.75 Å². The standard InChI is InChI=1S/C25H28N2O4/c1-5-15-31-20-8-6-7-19(16-20)22-21(23(28)18-11-9-17(2)10-12-18)24(29)25(30)27(22)14-13-26(3)4/h5-12,16,22,28H,1,13-15H2,2-4H3/t22-/m1/s1. The zero-order chi connectivity index (χ0) is 22.5. The number of ketones is 1. The van der Waals surface area contributed by atoms with Gasteiger partial charge in [0, 0.05) is 18.7 Å². The Morgan fingerprint density at radius 3 is 2.55 bits per heavy atom. The first-order valence-corrected chi connectivity index (χ1v) is 10.2. The molecule has 1 aliphatic rings. The molecule has 0 bridgehead atoms. The minimum Gasteiger partial charge on any atom is -0.507 e. The summed E-state index contributed by atoms with van der Waals surface area (Å²) in [5, 5.41) is 11.1. The van der Waals surface area contributed by atoms with E-state index in [-0.39, 0.29) is 11.3 Å². The maximum atomic E-state index is 13.0. The normalized spacial score (nSPS) is 17.9. The van der Waals surface area contributed by atoms with Gasteiger partial charge in [0.1, 0.15) is 18.1 Å². The molecule has 1 saturated heterocycles. The summed E-state index contributed by atoms with van der Waals surface area (Å²) in [6, 6.07) is 13.8. The van der Waals surface area contributed by atoms with E-state index in [0.29, 0.717) is 36.6 Å². The van der Waals surface area contributed by atoms with Gasteiger partial charge < -0.3 is 19.6 Å². The summed E-state index contributed by atoms with van der Waals surface area (Å²) in [4.78, 5) is 29.4. The van der Waals surface area contributed by atoms with Gasteiger partial charge in [-0.15, -0.1) is 0 Å². The number of ether oxygens (including phenoxy) is 1. The second-order valence-corrected chi connectivity index (χ2v) is 7.83. The molecular weight excluding hydrogens is 392 g/mol. The molecule has 1 aliphatic heterocycles. The highest BCUT2D eigenvalue weighted by molar-refractivity contribution is 6.46. The Hall–Kier alpha value is -3.38. The minimum atomic E-state index is -0.700. The Bertz CT molecular complexity index is 1010. The first kappa shape index (κ1) is 22.3. The van der Waals surface area contributed by atoms with Crippen molar-refractivity contribution in [1.82, 2.24) is 9.80 Å². The van der Waals surface area contributed by atoms with Gasteiger partial charge in [0.2, 0.25) is 0 Å². The molecule has 3 rings (SSSR count). The van der Waals surface area contributed by atoms with Crippen LogP contribution in [0, 0.1) is 6.92 Å². The van der Waals surface area contributed by atoms with Gasteiger partial charge >= 0.3 is 0 Å². The lowest BCUT2D eigenvalue weighted by molar-refractivity contribution is -0.140. The van der Waals surface area contributed by atoms with E-state index in [2.05, 4.69) is 6.58 Å². The Balaban J connectivity index is 2.12. The molecule has 162 valence electrons. The van der Waals surface area contributed by atoms with Gasteiger partial charge in [-0.2, -0.15) is 0 Å². The maximum absolute atomic E-state index is 13.0. The molecule has 31 heavy (non-hydrogen) atoms. The summed E-state index contributed by atoms with van der Waals surface area (Å²) in [7, 11) is 3.81. The highest BCUT2D eigenvalue weighted by atomic mass is 16.5. The van der Waals surface area contributed by atoms with Gasteiger partial charge in [0.15, 0.2) is 0 Å². The molecule has 2 aromatic carbocycles. The van der Waals surface area contributed by atoms with Crippen molar-refractivity contribution in [2.75, 3.05) is 33.8 Å². The predicted molar refractivity (Wildman–Crippen MR) is 121 cm³/mol. The number of hydrogen-bond acceptors (Lipinski definition) is 5. The summed E-state index contributed by atoms with van der Waals surface area (Å²) in [5.74, 6) is -0.865. The highest BCUT2D eigenvalue weighted by Crippen LogP contribution is 2.40. The molecule has 1 heterocycles. The minimum absolute atomic E-state index is 0.0912. The van der Waals surface area contributed by atoms with Gasteiger partial charge in [0.05, 0.1) is 11.6 Å². The van der Waals surface area contributed by atoms with E-state index < -0.39 is 17.7 Å². The molecule has 0 spiro atoms. The fourth-order valence-electron chi connectivity index (χ4n) is 3.56. The van der Waals surface area contributed by atoms with Crippen LogP contribution in [0.15, 0.2) is 66.8 Å². The molecule has 0 aromatic heterocycles. The molecule has 6 heteroatoms. The van der Waals surface area contributed by atoms with Gasteiger partial charge in [-0.25, -0.2) is 0 Å². The summed E-state index contributed by atoms with van der Waals surface area (Å²) >= 11 is 0. The second-order valence-electron chi connectivity index (χ2n) is 7.83. The van der Waals surface area contributed by atoms with Crippen molar-refractivity contribution in [1.29, 1.82) is 0 Å².